The van der Waals surface area contributed by atoms with Gasteiger partial charge in [0.15, 0.2) is 6.10 Å². The fourth-order valence-corrected chi connectivity index (χ4v) is 2.76. The Morgan fingerprint density at radius 2 is 1.88 bits per heavy atom. The molecule has 0 aliphatic rings. The van der Waals surface area contributed by atoms with Crippen LogP contribution in [-0.2, 0) is 4.79 Å². The third kappa shape index (κ3) is 4.65. The van der Waals surface area contributed by atoms with Crippen LogP contribution in [0.4, 0.5) is 5.69 Å². The van der Waals surface area contributed by atoms with Crippen LogP contribution in [0.25, 0.3) is 0 Å². The van der Waals surface area contributed by atoms with Crippen LogP contribution in [0, 0.1) is 0 Å². The maximum absolute atomic E-state index is 12.5. The average molecular weight is 366 g/mol. The number of anilines is 1. The van der Waals surface area contributed by atoms with Crippen LogP contribution in [0.1, 0.15) is 38.7 Å². The van der Waals surface area contributed by atoms with E-state index < -0.39 is 6.10 Å². The second kappa shape index (κ2) is 8.41. The molecule has 0 unspecified atom stereocenters. The topological polar surface area (TPSA) is 38.3 Å². The summed E-state index contributed by atoms with van der Waals surface area (Å²) in [5.74, 6) is 0.569. The van der Waals surface area contributed by atoms with Gasteiger partial charge >= 0.3 is 0 Å². The van der Waals surface area contributed by atoms with Gasteiger partial charge in [0.05, 0.1) is 5.02 Å². The number of carbonyl (C=O) groups excluding carboxylic acids is 1. The molecule has 2 aromatic rings. The summed E-state index contributed by atoms with van der Waals surface area (Å²) in [5.41, 5.74) is 1.93. The minimum Gasteiger partial charge on any atom is -0.479 e. The number of rotatable bonds is 6. The van der Waals surface area contributed by atoms with Crippen LogP contribution in [0.3, 0.4) is 0 Å². The lowest BCUT2D eigenvalue weighted by atomic mass is 9.97. The molecule has 0 saturated heterocycles. The first-order valence-corrected chi connectivity index (χ1v) is 8.69. The van der Waals surface area contributed by atoms with Crippen molar-refractivity contribution >= 4 is 34.8 Å². The van der Waals surface area contributed by atoms with Crippen molar-refractivity contribution < 1.29 is 9.53 Å². The SMILES string of the molecule is CC[C@@H](C)c1ccccc1NC(=O)[C@H](C)Oc1ccc(Cl)cc1Cl. The van der Waals surface area contributed by atoms with Gasteiger partial charge in [-0.3, -0.25) is 4.79 Å². The number of carbonyl (C=O) groups is 1. The van der Waals surface area contributed by atoms with E-state index >= 15 is 0 Å². The second-order valence-electron chi connectivity index (χ2n) is 5.72. The molecule has 2 atom stereocenters. The second-order valence-corrected chi connectivity index (χ2v) is 6.56. The average Bonchev–Trinajstić information content (AvgIpc) is 2.57. The molecular formula is C19H21Cl2NO2. The van der Waals surface area contributed by atoms with E-state index in [1.54, 1.807) is 25.1 Å². The molecule has 3 nitrogen and oxygen atoms in total. The van der Waals surface area contributed by atoms with Crippen molar-refractivity contribution in [3.05, 3.63) is 58.1 Å². The highest BCUT2D eigenvalue weighted by molar-refractivity contribution is 6.35. The molecule has 0 aliphatic heterocycles. The Hall–Kier alpha value is -1.71. The fraction of sp³-hybridized carbons (Fsp3) is 0.316. The Labute approximate surface area is 152 Å². The van der Waals surface area contributed by atoms with Crippen LogP contribution in [0.15, 0.2) is 42.5 Å². The Balaban J connectivity index is 2.09. The molecule has 2 rings (SSSR count). The number of nitrogens with one attached hydrogen (secondary N) is 1. The summed E-state index contributed by atoms with van der Waals surface area (Å²) in [7, 11) is 0. The van der Waals surface area contributed by atoms with Crippen LogP contribution in [-0.4, -0.2) is 12.0 Å². The summed E-state index contributed by atoms with van der Waals surface area (Å²) in [6, 6.07) is 12.7. The molecule has 0 spiro atoms. The first kappa shape index (κ1) is 18.6. The van der Waals surface area contributed by atoms with Gasteiger partial charge in [0, 0.05) is 10.7 Å². The van der Waals surface area contributed by atoms with E-state index in [9.17, 15) is 4.79 Å². The highest BCUT2D eigenvalue weighted by atomic mass is 35.5. The molecule has 1 amide bonds. The fourth-order valence-electron chi connectivity index (χ4n) is 2.31. The molecular weight excluding hydrogens is 345 g/mol. The molecule has 0 heterocycles. The first-order valence-electron chi connectivity index (χ1n) is 7.93. The predicted molar refractivity (Wildman–Crippen MR) is 100 cm³/mol. The lowest BCUT2D eigenvalue weighted by Crippen LogP contribution is -2.30. The van der Waals surface area contributed by atoms with Crippen molar-refractivity contribution in [1.82, 2.24) is 0 Å². The summed E-state index contributed by atoms with van der Waals surface area (Å²) in [4.78, 5) is 12.5. The van der Waals surface area contributed by atoms with Crippen LogP contribution in [0.5, 0.6) is 5.75 Å². The van der Waals surface area contributed by atoms with Gasteiger partial charge in [0.2, 0.25) is 0 Å². The Morgan fingerprint density at radius 3 is 2.54 bits per heavy atom. The summed E-state index contributed by atoms with van der Waals surface area (Å²) < 4.78 is 5.66. The van der Waals surface area contributed by atoms with Gasteiger partial charge in [-0.1, -0.05) is 55.2 Å². The Morgan fingerprint density at radius 1 is 1.17 bits per heavy atom. The van der Waals surface area contributed by atoms with Gasteiger partial charge in [-0.2, -0.15) is 0 Å². The normalized spacial score (nSPS) is 13.2. The third-order valence-electron chi connectivity index (χ3n) is 3.93. The van der Waals surface area contributed by atoms with Crippen LogP contribution >= 0.6 is 23.2 Å². The summed E-state index contributed by atoms with van der Waals surface area (Å²) in [6.45, 7) is 5.95. The molecule has 0 fully saturated rings. The van der Waals surface area contributed by atoms with Crippen molar-refractivity contribution in [3.63, 3.8) is 0 Å². The molecule has 0 saturated carbocycles. The van der Waals surface area contributed by atoms with Crippen molar-refractivity contribution in [2.75, 3.05) is 5.32 Å². The van der Waals surface area contributed by atoms with Crippen molar-refractivity contribution in [2.45, 2.75) is 39.2 Å². The quantitative estimate of drug-likeness (QED) is 0.690. The minimum atomic E-state index is -0.686. The first-order chi connectivity index (χ1) is 11.4. The van der Waals surface area contributed by atoms with Gasteiger partial charge < -0.3 is 10.1 Å². The van der Waals surface area contributed by atoms with Gasteiger partial charge in [0.25, 0.3) is 5.91 Å². The molecule has 0 bridgehead atoms. The molecule has 5 heteroatoms. The summed E-state index contributed by atoms with van der Waals surface area (Å²) >= 11 is 11.9. The number of ether oxygens (including phenoxy) is 1. The van der Waals surface area contributed by atoms with Crippen molar-refractivity contribution in [2.24, 2.45) is 0 Å². The zero-order valence-corrected chi connectivity index (χ0v) is 15.5. The molecule has 2 aromatic carbocycles. The Bertz CT molecular complexity index is 718. The van der Waals surface area contributed by atoms with E-state index in [0.717, 1.165) is 17.7 Å². The molecule has 1 N–H and O–H groups in total. The number of benzene rings is 2. The lowest BCUT2D eigenvalue weighted by Gasteiger charge is -2.19. The van der Waals surface area contributed by atoms with Crippen molar-refractivity contribution in [3.8, 4) is 5.75 Å². The third-order valence-corrected chi connectivity index (χ3v) is 4.46. The highest BCUT2D eigenvalue weighted by Crippen LogP contribution is 2.29. The number of amides is 1. The Kier molecular flexibility index (Phi) is 6.52. The number of hydrogen-bond acceptors (Lipinski definition) is 2. The number of halogens is 2. The summed E-state index contributed by atoms with van der Waals surface area (Å²) in [5, 5.41) is 3.84. The van der Waals surface area contributed by atoms with Crippen molar-refractivity contribution in [1.29, 1.82) is 0 Å². The van der Waals surface area contributed by atoms with Gasteiger partial charge in [-0.25, -0.2) is 0 Å². The smallest absolute Gasteiger partial charge is 0.265 e. The maximum Gasteiger partial charge on any atom is 0.265 e. The standard InChI is InChI=1S/C19H21Cl2NO2/c1-4-12(2)15-7-5-6-8-17(15)22-19(23)13(3)24-18-10-9-14(20)11-16(18)21/h5-13H,4H2,1-3H3,(H,22,23)/t12-,13+/m1/s1. The van der Waals surface area contributed by atoms with E-state index in [1.165, 1.54) is 0 Å². The zero-order chi connectivity index (χ0) is 17.7. The van der Waals surface area contributed by atoms with Gasteiger partial charge in [-0.05, 0) is 49.1 Å². The zero-order valence-electron chi connectivity index (χ0n) is 14.0. The monoisotopic (exact) mass is 365 g/mol. The van der Waals surface area contributed by atoms with E-state index in [4.69, 9.17) is 27.9 Å². The van der Waals surface area contributed by atoms with Gasteiger partial charge in [-0.15, -0.1) is 0 Å². The van der Waals surface area contributed by atoms with Gasteiger partial charge in [0.1, 0.15) is 5.75 Å². The van der Waals surface area contributed by atoms with E-state index in [1.807, 2.05) is 24.3 Å². The number of hydrogen-bond donors (Lipinski definition) is 1. The molecule has 0 aliphatic carbocycles. The van der Waals surface area contributed by atoms with E-state index in [-0.39, 0.29) is 5.91 Å². The van der Waals surface area contributed by atoms with E-state index in [0.29, 0.717) is 21.7 Å². The molecule has 0 aromatic heterocycles. The minimum absolute atomic E-state index is 0.225. The maximum atomic E-state index is 12.5. The van der Waals surface area contributed by atoms with E-state index in [2.05, 4.69) is 19.2 Å². The number of para-hydroxylation sites is 1. The van der Waals surface area contributed by atoms with Crippen LogP contribution in [0.2, 0.25) is 10.0 Å². The summed E-state index contributed by atoms with van der Waals surface area (Å²) in [6.07, 6.45) is 0.313. The largest absolute Gasteiger partial charge is 0.479 e. The molecule has 24 heavy (non-hydrogen) atoms. The molecule has 128 valence electrons. The highest BCUT2D eigenvalue weighted by Gasteiger charge is 2.18. The van der Waals surface area contributed by atoms with Crippen LogP contribution < -0.4 is 10.1 Å². The lowest BCUT2D eigenvalue weighted by molar-refractivity contribution is -0.122. The predicted octanol–water partition coefficient (Wildman–Crippen LogP) is 5.91. The molecule has 0 radical (unpaired) electrons.